The Labute approximate surface area is 212 Å². The molecule has 0 saturated heterocycles. The zero-order valence-corrected chi connectivity index (χ0v) is 21.7. The first kappa shape index (κ1) is 27.0. The standard InChI is InChI=1S/C27H32N2O6S/c1-20(22-10-12-23(33-2)13-11-22)28-27(30)19-29(17-16-21-8-6-5-7-9-21)36(31,32)24-14-15-25(34-3)26(18-24)35-4/h5-15,18,20H,16-17,19H2,1-4H3,(H,28,30). The summed E-state index contributed by atoms with van der Waals surface area (Å²) in [6.45, 7) is 1.64. The van der Waals surface area contributed by atoms with E-state index in [0.717, 1.165) is 11.1 Å². The number of benzene rings is 3. The number of hydrogen-bond donors (Lipinski definition) is 1. The molecule has 36 heavy (non-hydrogen) atoms. The first-order chi connectivity index (χ1) is 17.3. The van der Waals surface area contributed by atoms with Gasteiger partial charge in [0.15, 0.2) is 11.5 Å². The van der Waals surface area contributed by atoms with E-state index in [-0.39, 0.29) is 24.0 Å². The van der Waals surface area contributed by atoms with Gasteiger partial charge in [0.1, 0.15) is 5.75 Å². The van der Waals surface area contributed by atoms with Crippen LogP contribution >= 0.6 is 0 Å². The molecule has 0 radical (unpaired) electrons. The van der Waals surface area contributed by atoms with Crippen LogP contribution in [0.2, 0.25) is 0 Å². The monoisotopic (exact) mass is 512 g/mol. The molecule has 0 saturated carbocycles. The maximum Gasteiger partial charge on any atom is 0.243 e. The van der Waals surface area contributed by atoms with E-state index in [2.05, 4.69) is 5.32 Å². The van der Waals surface area contributed by atoms with Gasteiger partial charge in [0, 0.05) is 12.6 Å². The molecule has 0 spiro atoms. The summed E-state index contributed by atoms with van der Waals surface area (Å²) in [7, 11) is 0.492. The Bertz CT molecular complexity index is 1250. The highest BCUT2D eigenvalue weighted by molar-refractivity contribution is 7.89. The van der Waals surface area contributed by atoms with Crippen molar-refractivity contribution in [3.63, 3.8) is 0 Å². The van der Waals surface area contributed by atoms with E-state index in [1.165, 1.54) is 36.7 Å². The lowest BCUT2D eigenvalue weighted by molar-refractivity contribution is -0.121. The van der Waals surface area contributed by atoms with E-state index in [9.17, 15) is 13.2 Å². The molecule has 1 amide bonds. The molecule has 0 aliphatic carbocycles. The van der Waals surface area contributed by atoms with Crippen molar-refractivity contribution in [3.05, 3.63) is 83.9 Å². The van der Waals surface area contributed by atoms with Crippen LogP contribution in [0.5, 0.6) is 17.2 Å². The van der Waals surface area contributed by atoms with Gasteiger partial charge in [0.25, 0.3) is 0 Å². The van der Waals surface area contributed by atoms with Crippen molar-refractivity contribution >= 4 is 15.9 Å². The number of sulfonamides is 1. The molecule has 8 nitrogen and oxygen atoms in total. The average molecular weight is 513 g/mol. The van der Waals surface area contributed by atoms with Gasteiger partial charge in [-0.1, -0.05) is 42.5 Å². The smallest absolute Gasteiger partial charge is 0.243 e. The Morgan fingerprint density at radius 2 is 1.56 bits per heavy atom. The van der Waals surface area contributed by atoms with Gasteiger partial charge in [-0.05, 0) is 48.7 Å². The van der Waals surface area contributed by atoms with E-state index in [0.29, 0.717) is 23.7 Å². The zero-order valence-electron chi connectivity index (χ0n) is 20.9. The summed E-state index contributed by atoms with van der Waals surface area (Å²) in [4.78, 5) is 13.0. The Balaban J connectivity index is 1.82. The summed E-state index contributed by atoms with van der Waals surface area (Å²) >= 11 is 0. The maximum absolute atomic E-state index is 13.6. The number of rotatable bonds is 12. The molecule has 0 fully saturated rings. The summed E-state index contributed by atoms with van der Waals surface area (Å²) in [5, 5.41) is 2.90. The molecule has 9 heteroatoms. The number of ether oxygens (including phenoxy) is 3. The van der Waals surface area contributed by atoms with Gasteiger partial charge < -0.3 is 19.5 Å². The van der Waals surface area contributed by atoms with Gasteiger partial charge in [-0.15, -0.1) is 0 Å². The van der Waals surface area contributed by atoms with Crippen molar-refractivity contribution in [1.82, 2.24) is 9.62 Å². The van der Waals surface area contributed by atoms with Gasteiger partial charge in [-0.3, -0.25) is 4.79 Å². The summed E-state index contributed by atoms with van der Waals surface area (Å²) in [6.07, 6.45) is 0.453. The third kappa shape index (κ3) is 6.77. The molecule has 3 aromatic carbocycles. The summed E-state index contributed by atoms with van der Waals surface area (Å²) < 4.78 is 44.1. The van der Waals surface area contributed by atoms with Gasteiger partial charge in [-0.2, -0.15) is 4.31 Å². The van der Waals surface area contributed by atoms with E-state index in [1.807, 2.05) is 61.5 Å². The third-order valence-electron chi connectivity index (χ3n) is 5.80. The Morgan fingerprint density at radius 3 is 2.17 bits per heavy atom. The van der Waals surface area contributed by atoms with E-state index < -0.39 is 15.9 Å². The van der Waals surface area contributed by atoms with Crippen LogP contribution in [-0.4, -0.2) is 53.0 Å². The second-order valence-electron chi connectivity index (χ2n) is 8.15. The second-order valence-corrected chi connectivity index (χ2v) is 10.1. The topological polar surface area (TPSA) is 94.2 Å². The van der Waals surface area contributed by atoms with Crippen LogP contribution < -0.4 is 19.5 Å². The SMILES string of the molecule is COc1ccc(C(C)NC(=O)CN(CCc2ccccc2)S(=O)(=O)c2ccc(OC)c(OC)c2)cc1. The summed E-state index contributed by atoms with van der Waals surface area (Å²) in [6, 6.07) is 20.9. The van der Waals surface area contributed by atoms with Crippen LogP contribution in [0, 0.1) is 0 Å². The molecule has 3 aromatic rings. The van der Waals surface area contributed by atoms with Crippen molar-refractivity contribution in [1.29, 1.82) is 0 Å². The molecular formula is C27H32N2O6S. The Hall–Kier alpha value is -3.56. The number of carbonyl (C=O) groups excluding carboxylic acids is 1. The number of nitrogens with one attached hydrogen (secondary N) is 1. The first-order valence-electron chi connectivity index (χ1n) is 11.5. The fourth-order valence-corrected chi connectivity index (χ4v) is 5.14. The quantitative estimate of drug-likeness (QED) is 0.397. The summed E-state index contributed by atoms with van der Waals surface area (Å²) in [5.74, 6) is 1.01. The first-order valence-corrected chi connectivity index (χ1v) is 12.9. The van der Waals surface area contributed by atoms with Crippen molar-refractivity contribution in [3.8, 4) is 17.2 Å². The molecular weight excluding hydrogens is 480 g/mol. The Morgan fingerprint density at radius 1 is 0.889 bits per heavy atom. The van der Waals surface area contributed by atoms with Gasteiger partial charge in [-0.25, -0.2) is 8.42 Å². The predicted octanol–water partition coefficient (Wildman–Crippen LogP) is 3.82. The maximum atomic E-state index is 13.6. The fraction of sp³-hybridized carbons (Fsp3) is 0.296. The predicted molar refractivity (Wildman–Crippen MR) is 138 cm³/mol. The van der Waals surface area contributed by atoms with E-state index in [1.54, 1.807) is 7.11 Å². The minimum Gasteiger partial charge on any atom is -0.497 e. The van der Waals surface area contributed by atoms with Crippen molar-refractivity contribution in [2.24, 2.45) is 0 Å². The molecule has 1 N–H and O–H groups in total. The van der Waals surface area contributed by atoms with Crippen molar-refractivity contribution in [2.45, 2.75) is 24.3 Å². The minimum atomic E-state index is -4.01. The van der Waals surface area contributed by atoms with Crippen molar-refractivity contribution in [2.75, 3.05) is 34.4 Å². The van der Waals surface area contributed by atoms with Crippen molar-refractivity contribution < 1.29 is 27.4 Å². The van der Waals surface area contributed by atoms with Crippen LogP contribution in [0.3, 0.4) is 0 Å². The van der Waals surface area contributed by atoms with Crippen LogP contribution in [0.15, 0.2) is 77.7 Å². The molecule has 0 aliphatic heterocycles. The number of methoxy groups -OCH3 is 3. The minimum absolute atomic E-state index is 0.0178. The highest BCUT2D eigenvalue weighted by atomic mass is 32.2. The van der Waals surface area contributed by atoms with Crippen LogP contribution in [-0.2, 0) is 21.2 Å². The molecule has 1 atom stereocenters. The lowest BCUT2D eigenvalue weighted by Gasteiger charge is -2.24. The molecule has 0 heterocycles. The molecule has 0 aromatic heterocycles. The molecule has 1 unspecified atom stereocenters. The largest absolute Gasteiger partial charge is 0.497 e. The number of hydrogen-bond acceptors (Lipinski definition) is 6. The van der Waals surface area contributed by atoms with E-state index in [4.69, 9.17) is 14.2 Å². The normalized spacial score (nSPS) is 12.1. The Kier molecular flexibility index (Phi) is 9.32. The highest BCUT2D eigenvalue weighted by Gasteiger charge is 2.28. The van der Waals surface area contributed by atoms with Gasteiger partial charge in [0.05, 0.1) is 38.8 Å². The molecule has 0 bridgehead atoms. The summed E-state index contributed by atoms with van der Waals surface area (Å²) in [5.41, 5.74) is 1.85. The molecule has 192 valence electrons. The number of carbonyl (C=O) groups is 1. The molecule has 3 rings (SSSR count). The van der Waals surface area contributed by atoms with E-state index >= 15 is 0 Å². The lowest BCUT2D eigenvalue weighted by Crippen LogP contribution is -2.42. The number of amides is 1. The highest BCUT2D eigenvalue weighted by Crippen LogP contribution is 2.30. The average Bonchev–Trinajstić information content (AvgIpc) is 2.90. The fourth-order valence-electron chi connectivity index (χ4n) is 3.73. The van der Waals surface area contributed by atoms with Gasteiger partial charge in [0.2, 0.25) is 15.9 Å². The second kappa shape index (κ2) is 12.4. The van der Waals surface area contributed by atoms with Gasteiger partial charge >= 0.3 is 0 Å². The number of nitrogens with zero attached hydrogens (tertiary/aromatic N) is 1. The van der Waals surface area contributed by atoms with Crippen LogP contribution in [0.25, 0.3) is 0 Å². The zero-order chi connectivity index (χ0) is 26.1. The third-order valence-corrected chi connectivity index (χ3v) is 7.64. The van der Waals surface area contributed by atoms with Crippen LogP contribution in [0.1, 0.15) is 24.1 Å². The molecule has 0 aliphatic rings. The lowest BCUT2D eigenvalue weighted by atomic mass is 10.1. The van der Waals surface area contributed by atoms with Crippen LogP contribution in [0.4, 0.5) is 0 Å².